The summed E-state index contributed by atoms with van der Waals surface area (Å²) >= 11 is 0. The number of hydrogen-bond donors (Lipinski definition) is 0. The van der Waals surface area contributed by atoms with E-state index in [0.717, 1.165) is 6.29 Å². The molecule has 1 atom stereocenters. The van der Waals surface area contributed by atoms with Gasteiger partial charge in [0.1, 0.15) is 6.29 Å². The zero-order valence-corrected chi connectivity index (χ0v) is 15.8. The molecule has 2 nitrogen and oxygen atoms in total. The molecule has 0 saturated heterocycles. The summed E-state index contributed by atoms with van der Waals surface area (Å²) in [6.45, 7) is 10.7. The van der Waals surface area contributed by atoms with Crippen LogP contribution in [0.3, 0.4) is 0 Å². The van der Waals surface area contributed by atoms with E-state index in [0.29, 0.717) is 19.3 Å². The van der Waals surface area contributed by atoms with Gasteiger partial charge in [0.15, 0.2) is 8.32 Å². The molecule has 0 radical (unpaired) electrons. The Morgan fingerprint density at radius 2 is 1.76 bits per heavy atom. The molecule has 0 bridgehead atoms. The third-order valence-corrected chi connectivity index (χ3v) is 9.37. The summed E-state index contributed by atoms with van der Waals surface area (Å²) < 4.78 is 32.8. The number of alkyl halides is 2. The molecule has 1 saturated carbocycles. The van der Waals surface area contributed by atoms with Gasteiger partial charge in [-0.15, -0.1) is 0 Å². The number of halogens is 2. The van der Waals surface area contributed by atoms with E-state index in [1.165, 1.54) is 0 Å². The largest absolute Gasteiger partial charge is 0.413 e. The Balaban J connectivity index is 0.00000400. The molecule has 21 heavy (non-hydrogen) atoms. The maximum absolute atomic E-state index is 13.3. The Morgan fingerprint density at radius 1 is 1.29 bits per heavy atom. The molecule has 0 aromatic carbocycles. The van der Waals surface area contributed by atoms with E-state index >= 15 is 0 Å². The minimum Gasteiger partial charge on any atom is -0.413 e. The van der Waals surface area contributed by atoms with E-state index in [4.69, 9.17) is 4.43 Å². The van der Waals surface area contributed by atoms with Crippen LogP contribution in [-0.2, 0) is 9.22 Å². The van der Waals surface area contributed by atoms with Crippen LogP contribution >= 0.6 is 13.5 Å². The highest BCUT2D eigenvalue weighted by atomic mass is 32.1. The molecule has 0 N–H and O–H groups in total. The summed E-state index contributed by atoms with van der Waals surface area (Å²) in [6.07, 6.45) is 1.76. The first kappa shape index (κ1) is 21.1. The van der Waals surface area contributed by atoms with Crippen LogP contribution in [0, 0.1) is 5.92 Å². The van der Waals surface area contributed by atoms with E-state index in [1.807, 2.05) is 0 Å². The second-order valence-corrected chi connectivity index (χ2v) is 12.3. The molecule has 1 fully saturated rings. The molecule has 0 heterocycles. The summed E-state index contributed by atoms with van der Waals surface area (Å²) in [6, 6.07) is 0. The molecule has 1 aliphatic carbocycles. The van der Waals surface area contributed by atoms with Crippen LogP contribution in [0.15, 0.2) is 0 Å². The highest BCUT2D eigenvalue weighted by Gasteiger charge is 2.43. The molecule has 0 aliphatic heterocycles. The average molecular weight is 341 g/mol. The monoisotopic (exact) mass is 340 g/mol. The molecule has 0 amide bonds. The van der Waals surface area contributed by atoms with Crippen molar-refractivity contribution in [3.05, 3.63) is 0 Å². The van der Waals surface area contributed by atoms with Gasteiger partial charge in [-0.2, -0.15) is 13.5 Å². The lowest BCUT2D eigenvalue weighted by Gasteiger charge is -2.42. The molecule has 0 aromatic heterocycles. The van der Waals surface area contributed by atoms with Gasteiger partial charge in [0, 0.05) is 19.3 Å². The summed E-state index contributed by atoms with van der Waals surface area (Å²) in [7, 11) is -1.97. The van der Waals surface area contributed by atoms with Gasteiger partial charge in [0.2, 0.25) is 5.92 Å². The van der Waals surface area contributed by atoms with E-state index in [1.54, 1.807) is 0 Å². The predicted molar refractivity (Wildman–Crippen MR) is 90.0 cm³/mol. The summed E-state index contributed by atoms with van der Waals surface area (Å²) in [5, 5.41) is 0.0622. The zero-order chi connectivity index (χ0) is 15.6. The van der Waals surface area contributed by atoms with Gasteiger partial charge >= 0.3 is 0 Å². The van der Waals surface area contributed by atoms with Crippen LogP contribution in [0.2, 0.25) is 18.1 Å². The van der Waals surface area contributed by atoms with Gasteiger partial charge in [-0.3, -0.25) is 0 Å². The van der Waals surface area contributed by atoms with Crippen LogP contribution in [0.1, 0.15) is 52.9 Å². The van der Waals surface area contributed by atoms with Gasteiger partial charge in [0.05, 0.1) is 6.10 Å². The average Bonchev–Trinajstić information content (AvgIpc) is 2.26. The van der Waals surface area contributed by atoms with Crippen molar-refractivity contribution in [3.8, 4) is 0 Å². The molecule has 1 aliphatic rings. The number of hydrogen-bond acceptors (Lipinski definition) is 2. The number of aldehydes is 1. The molecule has 0 spiro atoms. The van der Waals surface area contributed by atoms with Crippen molar-refractivity contribution in [2.24, 2.45) is 5.92 Å². The lowest BCUT2D eigenvalue weighted by atomic mass is 9.82. The number of carbonyl (C=O) groups is 1. The van der Waals surface area contributed by atoms with Crippen LogP contribution < -0.4 is 0 Å². The highest BCUT2D eigenvalue weighted by molar-refractivity contribution is 7.59. The van der Waals surface area contributed by atoms with E-state index in [-0.39, 0.29) is 43.4 Å². The van der Waals surface area contributed by atoms with Gasteiger partial charge < -0.3 is 9.22 Å². The molecule has 1 rings (SSSR count). The van der Waals surface area contributed by atoms with Crippen LogP contribution in [-0.4, -0.2) is 26.6 Å². The lowest BCUT2D eigenvalue weighted by molar-refractivity contribution is -0.110. The Hall–Kier alpha value is 0.0569. The highest BCUT2D eigenvalue weighted by Crippen LogP contribution is 2.42. The van der Waals surface area contributed by atoms with E-state index in [2.05, 4.69) is 33.9 Å². The Morgan fingerprint density at radius 3 is 2.14 bits per heavy atom. The third-order valence-electron chi connectivity index (χ3n) is 4.87. The van der Waals surface area contributed by atoms with Crippen molar-refractivity contribution in [1.29, 1.82) is 0 Å². The number of carbonyl (C=O) groups excluding carboxylic acids is 1. The Bertz CT molecular complexity index is 333. The lowest BCUT2D eigenvalue weighted by Crippen LogP contribution is -2.46. The Kier molecular flexibility index (Phi) is 7.57. The number of rotatable bonds is 5. The molecule has 6 heteroatoms. The minimum atomic E-state index is -2.53. The summed E-state index contributed by atoms with van der Waals surface area (Å²) in [4.78, 5) is 10.9. The van der Waals surface area contributed by atoms with Crippen molar-refractivity contribution >= 4 is 28.1 Å². The maximum Gasteiger partial charge on any atom is 0.248 e. The van der Waals surface area contributed by atoms with Crippen LogP contribution in [0.5, 0.6) is 0 Å². The zero-order valence-electron chi connectivity index (χ0n) is 13.8. The molecular formula is C15H30F2O2SSi. The fourth-order valence-corrected chi connectivity index (χ4v) is 3.82. The van der Waals surface area contributed by atoms with Gasteiger partial charge in [-0.05, 0) is 36.9 Å². The normalized spacial score (nSPS) is 21.5. The van der Waals surface area contributed by atoms with Crippen molar-refractivity contribution < 1.29 is 18.0 Å². The third kappa shape index (κ3) is 5.98. The fraction of sp³-hybridized carbons (Fsp3) is 0.933. The smallest absolute Gasteiger partial charge is 0.248 e. The second kappa shape index (κ2) is 7.55. The second-order valence-electron chi connectivity index (χ2n) is 7.51. The van der Waals surface area contributed by atoms with Crippen molar-refractivity contribution in [2.45, 2.75) is 83.0 Å². The molecule has 0 unspecified atom stereocenters. The van der Waals surface area contributed by atoms with Crippen LogP contribution in [0.4, 0.5) is 8.78 Å². The van der Waals surface area contributed by atoms with Crippen LogP contribution in [0.25, 0.3) is 0 Å². The SMILES string of the molecule is CC(C)(C)[Si](C)(C)O[C@@H](CC=O)C1CCC(F)(F)CC1.S. The van der Waals surface area contributed by atoms with Crippen molar-refractivity contribution in [1.82, 2.24) is 0 Å². The van der Waals surface area contributed by atoms with Gasteiger partial charge in [-0.1, -0.05) is 20.8 Å². The predicted octanol–water partition coefficient (Wildman–Crippen LogP) is 4.90. The first-order valence-corrected chi connectivity index (χ1v) is 10.4. The fourth-order valence-electron chi connectivity index (χ4n) is 2.42. The van der Waals surface area contributed by atoms with Crippen molar-refractivity contribution in [3.63, 3.8) is 0 Å². The molecular weight excluding hydrogens is 310 g/mol. The first-order chi connectivity index (χ1) is 8.98. The van der Waals surface area contributed by atoms with Gasteiger partial charge in [0.25, 0.3) is 0 Å². The van der Waals surface area contributed by atoms with E-state index in [9.17, 15) is 13.6 Å². The summed E-state index contributed by atoms with van der Waals surface area (Å²) in [5.41, 5.74) is 0. The molecule has 126 valence electrons. The standard InChI is InChI=1S/C15H28F2O2Si.H2S/c1-14(2,3)20(4,5)19-13(8-11-18)12-6-9-15(16,17)10-7-12;/h11-13H,6-10H2,1-5H3;1H2/t13-;/m0./s1. The van der Waals surface area contributed by atoms with Gasteiger partial charge in [-0.25, -0.2) is 8.78 Å². The molecule has 0 aromatic rings. The van der Waals surface area contributed by atoms with E-state index < -0.39 is 14.2 Å². The van der Waals surface area contributed by atoms with Crippen molar-refractivity contribution in [2.75, 3.05) is 0 Å². The maximum atomic E-state index is 13.3. The Labute approximate surface area is 135 Å². The quantitative estimate of drug-likeness (QED) is 0.525. The minimum absolute atomic E-state index is 0. The first-order valence-electron chi connectivity index (χ1n) is 7.48. The topological polar surface area (TPSA) is 26.3 Å². The summed E-state index contributed by atoms with van der Waals surface area (Å²) in [5.74, 6) is -2.44.